The molecule has 0 aromatic rings. The fourth-order valence-electron chi connectivity index (χ4n) is 1.14. The fraction of sp³-hybridized carbons (Fsp3) is 0.700. The molecule has 17 heavy (non-hydrogen) atoms. The molecule has 0 aromatic carbocycles. The van der Waals surface area contributed by atoms with Crippen LogP contribution in [0.2, 0.25) is 0 Å². The van der Waals surface area contributed by atoms with Gasteiger partial charge in [0, 0.05) is 20.7 Å². The molecule has 0 heterocycles. The Morgan fingerprint density at radius 1 is 1.59 bits per heavy atom. The molecule has 0 spiro atoms. The van der Waals surface area contributed by atoms with E-state index in [0.29, 0.717) is 0 Å². The van der Waals surface area contributed by atoms with Crippen molar-refractivity contribution in [3.8, 4) is 6.07 Å². The lowest BCUT2D eigenvalue weighted by Gasteiger charge is -2.21. The van der Waals surface area contributed by atoms with Crippen LogP contribution < -0.4 is 5.32 Å². The maximum absolute atomic E-state index is 11.6. The topological polar surface area (TPSA) is 103 Å². The number of rotatable bonds is 6. The predicted molar refractivity (Wildman–Crippen MR) is 59.2 cm³/mol. The Morgan fingerprint density at radius 2 is 2.18 bits per heavy atom. The van der Waals surface area contributed by atoms with Gasteiger partial charge in [0.25, 0.3) is 0 Å². The number of aliphatic carboxylic acids is 1. The van der Waals surface area contributed by atoms with E-state index in [-0.39, 0.29) is 19.1 Å². The highest BCUT2D eigenvalue weighted by Gasteiger charge is 2.22. The molecule has 7 heteroatoms. The van der Waals surface area contributed by atoms with Crippen LogP contribution in [0.25, 0.3) is 0 Å². The first-order valence-electron chi connectivity index (χ1n) is 5.05. The fourth-order valence-corrected chi connectivity index (χ4v) is 1.14. The monoisotopic (exact) mass is 243 g/mol. The Morgan fingerprint density at radius 3 is 2.59 bits per heavy atom. The van der Waals surface area contributed by atoms with Crippen LogP contribution in [0, 0.1) is 17.2 Å². The first kappa shape index (κ1) is 15.2. The van der Waals surface area contributed by atoms with E-state index in [4.69, 9.17) is 10.4 Å². The summed E-state index contributed by atoms with van der Waals surface area (Å²) in [5, 5.41) is 19.7. The normalized spacial score (nSPS) is 13.3. The Kier molecular flexibility index (Phi) is 6.67. The molecule has 2 N–H and O–H groups in total. The van der Waals surface area contributed by atoms with E-state index in [1.165, 1.54) is 19.1 Å². The number of carbonyl (C=O) groups excluding carboxylic acids is 1. The van der Waals surface area contributed by atoms with Crippen LogP contribution in [0.5, 0.6) is 0 Å². The van der Waals surface area contributed by atoms with E-state index in [9.17, 15) is 9.59 Å². The van der Waals surface area contributed by atoms with Crippen LogP contribution in [0.1, 0.15) is 6.92 Å². The summed E-state index contributed by atoms with van der Waals surface area (Å²) in [5.74, 6) is -1.47. The second-order valence-electron chi connectivity index (χ2n) is 3.71. The number of methoxy groups -OCH3 is 1. The molecule has 0 saturated heterocycles. The maximum atomic E-state index is 11.6. The summed E-state index contributed by atoms with van der Waals surface area (Å²) < 4.78 is 4.68. The summed E-state index contributed by atoms with van der Waals surface area (Å²) in [6.45, 7) is 1.80. The van der Waals surface area contributed by atoms with Crippen molar-refractivity contribution >= 4 is 12.0 Å². The molecule has 0 fully saturated rings. The average molecular weight is 243 g/mol. The van der Waals surface area contributed by atoms with Gasteiger partial charge in [0.15, 0.2) is 6.04 Å². The maximum Gasteiger partial charge on any atom is 0.328 e. The zero-order valence-corrected chi connectivity index (χ0v) is 10.1. The summed E-state index contributed by atoms with van der Waals surface area (Å²) >= 11 is 0. The molecule has 2 atom stereocenters. The van der Waals surface area contributed by atoms with Gasteiger partial charge in [0.1, 0.15) is 0 Å². The van der Waals surface area contributed by atoms with Gasteiger partial charge in [-0.05, 0) is 6.92 Å². The van der Waals surface area contributed by atoms with Gasteiger partial charge >= 0.3 is 12.0 Å². The number of hydrogen-bond acceptors (Lipinski definition) is 4. The van der Waals surface area contributed by atoms with Crippen molar-refractivity contribution < 1.29 is 19.4 Å². The Hall–Kier alpha value is -1.81. The molecule has 0 aromatic heterocycles. The first-order chi connectivity index (χ1) is 7.92. The average Bonchev–Trinajstić information content (AvgIpc) is 2.27. The highest BCUT2D eigenvalue weighted by atomic mass is 16.5. The Labute approximate surface area is 100.0 Å². The van der Waals surface area contributed by atoms with Gasteiger partial charge in [-0.1, -0.05) is 0 Å². The zero-order chi connectivity index (χ0) is 13.4. The lowest BCUT2D eigenvalue weighted by molar-refractivity contribution is -0.140. The minimum Gasteiger partial charge on any atom is -0.480 e. The molecular formula is C10H17N3O4. The Balaban J connectivity index is 4.31. The van der Waals surface area contributed by atoms with Crippen LogP contribution in [-0.4, -0.2) is 55.4 Å². The number of carbonyl (C=O) groups is 2. The number of carboxylic acids is 1. The molecule has 0 bridgehead atoms. The van der Waals surface area contributed by atoms with Gasteiger partial charge in [0.05, 0.1) is 18.6 Å². The third kappa shape index (κ3) is 5.73. The zero-order valence-electron chi connectivity index (χ0n) is 10.1. The third-order valence-corrected chi connectivity index (χ3v) is 2.04. The number of hydrogen-bond donors (Lipinski definition) is 2. The lowest BCUT2D eigenvalue weighted by atomic mass is 10.2. The van der Waals surface area contributed by atoms with Crippen LogP contribution in [0.4, 0.5) is 4.79 Å². The summed E-state index contributed by atoms with van der Waals surface area (Å²) in [5.41, 5.74) is 0. The van der Waals surface area contributed by atoms with Crippen molar-refractivity contribution in [2.75, 3.05) is 27.3 Å². The van der Waals surface area contributed by atoms with E-state index in [1.54, 1.807) is 6.92 Å². The van der Waals surface area contributed by atoms with Gasteiger partial charge in [0.2, 0.25) is 0 Å². The number of amides is 2. The molecule has 2 unspecified atom stereocenters. The van der Waals surface area contributed by atoms with E-state index in [0.717, 1.165) is 0 Å². The second kappa shape index (κ2) is 7.46. The standard InChI is InChI=1S/C10H17N3O4/c1-7(4-11)5-13(2)10(16)12-8(6-17-3)9(14)15/h7-8H,5-6H2,1-3H3,(H,12,16)(H,14,15). The number of nitriles is 1. The summed E-state index contributed by atoms with van der Waals surface area (Å²) in [6.07, 6.45) is 0. The molecular weight excluding hydrogens is 226 g/mol. The van der Waals surface area contributed by atoms with Crippen molar-refractivity contribution in [1.29, 1.82) is 5.26 Å². The molecule has 0 rings (SSSR count). The highest BCUT2D eigenvalue weighted by molar-refractivity contribution is 5.82. The van der Waals surface area contributed by atoms with Crippen molar-refractivity contribution in [3.05, 3.63) is 0 Å². The smallest absolute Gasteiger partial charge is 0.328 e. The SMILES string of the molecule is COCC(NC(=O)N(C)CC(C)C#N)C(=O)O. The molecule has 0 aliphatic rings. The van der Waals surface area contributed by atoms with Crippen molar-refractivity contribution in [2.45, 2.75) is 13.0 Å². The third-order valence-electron chi connectivity index (χ3n) is 2.04. The summed E-state index contributed by atoms with van der Waals surface area (Å²) in [6, 6.07) is 0.354. The predicted octanol–water partition coefficient (Wildman–Crippen LogP) is -0.113. The van der Waals surface area contributed by atoms with Gasteiger partial charge in [-0.3, -0.25) is 0 Å². The van der Waals surface area contributed by atoms with E-state index < -0.39 is 18.0 Å². The van der Waals surface area contributed by atoms with Crippen molar-refractivity contribution in [3.63, 3.8) is 0 Å². The van der Waals surface area contributed by atoms with Gasteiger partial charge in [-0.15, -0.1) is 0 Å². The van der Waals surface area contributed by atoms with Gasteiger partial charge in [-0.25, -0.2) is 9.59 Å². The molecule has 0 radical (unpaired) electrons. The molecule has 7 nitrogen and oxygen atoms in total. The number of ether oxygens (including phenoxy) is 1. The minimum atomic E-state index is -1.16. The number of nitrogens with zero attached hydrogens (tertiary/aromatic N) is 2. The van der Waals surface area contributed by atoms with Crippen LogP contribution in [-0.2, 0) is 9.53 Å². The summed E-state index contributed by atoms with van der Waals surface area (Å²) in [7, 11) is 2.85. The highest BCUT2D eigenvalue weighted by Crippen LogP contribution is 1.97. The van der Waals surface area contributed by atoms with E-state index >= 15 is 0 Å². The van der Waals surface area contributed by atoms with Gasteiger partial charge < -0.3 is 20.1 Å². The summed E-state index contributed by atoms with van der Waals surface area (Å²) in [4.78, 5) is 23.6. The van der Waals surface area contributed by atoms with Crippen LogP contribution >= 0.6 is 0 Å². The Bertz CT molecular complexity index is 313. The lowest BCUT2D eigenvalue weighted by Crippen LogP contribution is -2.49. The van der Waals surface area contributed by atoms with E-state index in [2.05, 4.69) is 10.1 Å². The largest absolute Gasteiger partial charge is 0.480 e. The van der Waals surface area contributed by atoms with Crippen LogP contribution in [0.3, 0.4) is 0 Å². The van der Waals surface area contributed by atoms with Gasteiger partial charge in [-0.2, -0.15) is 5.26 Å². The molecule has 0 aliphatic carbocycles. The van der Waals surface area contributed by atoms with E-state index in [1.807, 2.05) is 6.07 Å². The first-order valence-corrected chi connectivity index (χ1v) is 5.05. The minimum absolute atomic E-state index is 0.108. The molecule has 0 aliphatic heterocycles. The number of nitrogens with one attached hydrogen (secondary N) is 1. The second-order valence-corrected chi connectivity index (χ2v) is 3.71. The van der Waals surface area contributed by atoms with Crippen molar-refractivity contribution in [2.24, 2.45) is 5.92 Å². The van der Waals surface area contributed by atoms with Crippen LogP contribution in [0.15, 0.2) is 0 Å². The number of carboxylic acid groups (broad SMARTS) is 1. The molecule has 2 amide bonds. The molecule has 0 saturated carbocycles. The number of urea groups is 1. The molecule has 96 valence electrons. The quantitative estimate of drug-likeness (QED) is 0.677. The van der Waals surface area contributed by atoms with Crippen molar-refractivity contribution in [1.82, 2.24) is 10.2 Å².